The fraction of sp³-hybridized carbons (Fsp3) is 0.0769. The lowest BCUT2D eigenvalue weighted by molar-refractivity contribution is 0.544. The molecule has 1 atom stereocenters. The van der Waals surface area contributed by atoms with Crippen molar-refractivity contribution in [3.63, 3.8) is 0 Å². The molecule has 1 aliphatic heterocycles. The lowest BCUT2D eigenvalue weighted by atomic mass is 10.2. The van der Waals surface area contributed by atoms with Gasteiger partial charge in [-0.25, -0.2) is 0 Å². The summed E-state index contributed by atoms with van der Waals surface area (Å²) >= 11 is 6.34. The first kappa shape index (κ1) is 12.4. The van der Waals surface area contributed by atoms with Crippen LogP contribution >= 0.6 is 23.5 Å². The van der Waals surface area contributed by atoms with Crippen LogP contribution in [0.15, 0.2) is 58.3 Å². The maximum Gasteiger partial charge on any atom is 0.190 e. The smallest absolute Gasteiger partial charge is 0.190 e. The van der Waals surface area contributed by atoms with E-state index in [0.29, 0.717) is 11.6 Å². The first-order chi connectivity index (χ1) is 8.74. The average molecular weight is 296 g/mol. The second-order valence-electron chi connectivity index (χ2n) is 3.91. The molecule has 2 aromatic carbocycles. The number of hydrogen-bond acceptors (Lipinski definition) is 3. The third-order valence-electron chi connectivity index (χ3n) is 2.63. The minimum Gasteiger partial charge on any atom is -0.592 e. The van der Waals surface area contributed by atoms with Crippen molar-refractivity contribution in [1.29, 1.82) is 0 Å². The first-order valence-electron chi connectivity index (χ1n) is 5.45. The number of rotatable bonds is 2. The van der Waals surface area contributed by atoms with Crippen LogP contribution in [-0.2, 0) is 17.9 Å². The molecule has 0 bridgehead atoms. The van der Waals surface area contributed by atoms with Crippen molar-refractivity contribution < 1.29 is 4.55 Å². The van der Waals surface area contributed by atoms with Gasteiger partial charge in [0.2, 0.25) is 0 Å². The molecule has 1 aliphatic rings. The van der Waals surface area contributed by atoms with E-state index in [1.807, 2.05) is 46.2 Å². The number of nitrogens with zero attached hydrogens (tertiary/aromatic N) is 1. The summed E-state index contributed by atoms with van der Waals surface area (Å²) < 4.78 is 14.2. The maximum atomic E-state index is 12.3. The molecule has 5 heteroatoms. The normalized spacial score (nSPS) is 18.9. The highest BCUT2D eigenvalue weighted by atomic mass is 35.5. The monoisotopic (exact) mass is 295 g/mol. The predicted molar refractivity (Wildman–Crippen MR) is 75.7 cm³/mol. The molecule has 2 nitrogen and oxygen atoms in total. The van der Waals surface area contributed by atoms with Crippen molar-refractivity contribution in [2.24, 2.45) is 0 Å². The molecule has 0 saturated heterocycles. The molecule has 0 N–H and O–H groups in total. The summed E-state index contributed by atoms with van der Waals surface area (Å²) in [5.41, 5.74) is 1.15. The quantitative estimate of drug-likeness (QED) is 0.621. The summed E-state index contributed by atoms with van der Waals surface area (Å²) in [6.07, 6.45) is 0. The van der Waals surface area contributed by atoms with Gasteiger partial charge in [-0.05, 0) is 23.8 Å². The minimum atomic E-state index is -1.11. The zero-order valence-corrected chi connectivity index (χ0v) is 11.8. The molecular formula is C13H10ClNOS2. The Morgan fingerprint density at radius 2 is 1.94 bits per heavy atom. The van der Waals surface area contributed by atoms with Gasteiger partial charge >= 0.3 is 0 Å². The highest BCUT2D eigenvalue weighted by molar-refractivity contribution is 8.11. The van der Waals surface area contributed by atoms with Gasteiger partial charge in [-0.15, -0.1) is 0 Å². The van der Waals surface area contributed by atoms with Crippen molar-refractivity contribution in [3.8, 4) is 0 Å². The van der Waals surface area contributed by atoms with E-state index >= 15 is 0 Å². The zero-order chi connectivity index (χ0) is 12.5. The topological polar surface area (TPSA) is 26.3 Å². The van der Waals surface area contributed by atoms with Crippen molar-refractivity contribution in [2.75, 3.05) is 0 Å². The van der Waals surface area contributed by atoms with E-state index in [0.717, 1.165) is 15.4 Å². The Balaban J connectivity index is 1.82. The summed E-state index contributed by atoms with van der Waals surface area (Å²) in [4.78, 5) is 1.83. The summed E-state index contributed by atoms with van der Waals surface area (Å²) in [7, 11) is 0. The molecule has 0 amide bonds. The van der Waals surface area contributed by atoms with E-state index in [4.69, 9.17) is 11.6 Å². The maximum absolute atomic E-state index is 12.3. The summed E-state index contributed by atoms with van der Waals surface area (Å²) in [6, 6.07) is 15.5. The lowest BCUT2D eigenvalue weighted by Gasteiger charge is -2.14. The van der Waals surface area contributed by atoms with Gasteiger partial charge in [0.15, 0.2) is 4.90 Å². The van der Waals surface area contributed by atoms with Crippen LogP contribution in [0, 0.1) is 0 Å². The molecule has 3 rings (SSSR count). The molecule has 2 aromatic rings. The van der Waals surface area contributed by atoms with E-state index in [2.05, 4.69) is 0 Å². The molecule has 0 aliphatic carbocycles. The number of benzene rings is 2. The zero-order valence-electron chi connectivity index (χ0n) is 9.38. The Labute approximate surface area is 118 Å². The second-order valence-corrected chi connectivity index (χ2v) is 7.02. The summed E-state index contributed by atoms with van der Waals surface area (Å²) in [6.45, 7) is 0.657. The SMILES string of the molecule is [O-][S+]1c2ccc(Cl)cc2SN1Cc1ccccc1. The van der Waals surface area contributed by atoms with E-state index in [-0.39, 0.29) is 0 Å². The Bertz CT molecular complexity index is 564. The van der Waals surface area contributed by atoms with Crippen molar-refractivity contribution >= 4 is 34.9 Å². The Morgan fingerprint density at radius 1 is 1.17 bits per heavy atom. The van der Waals surface area contributed by atoms with Gasteiger partial charge in [-0.2, -0.15) is 0 Å². The fourth-order valence-electron chi connectivity index (χ4n) is 1.77. The molecule has 0 spiro atoms. The highest BCUT2D eigenvalue weighted by Gasteiger charge is 2.35. The van der Waals surface area contributed by atoms with E-state index < -0.39 is 11.4 Å². The van der Waals surface area contributed by atoms with Gasteiger partial charge in [0.1, 0.15) is 0 Å². The molecule has 0 radical (unpaired) electrons. The second kappa shape index (κ2) is 5.15. The van der Waals surface area contributed by atoms with Crippen LogP contribution in [0.3, 0.4) is 0 Å². The van der Waals surface area contributed by atoms with Gasteiger partial charge < -0.3 is 4.55 Å². The van der Waals surface area contributed by atoms with Crippen LogP contribution in [0.25, 0.3) is 0 Å². The Kier molecular flexibility index (Phi) is 3.54. The summed E-state index contributed by atoms with van der Waals surface area (Å²) in [5.74, 6) is 0. The van der Waals surface area contributed by atoms with Gasteiger partial charge in [0, 0.05) is 17.0 Å². The molecule has 0 fully saturated rings. The molecule has 1 unspecified atom stereocenters. The highest BCUT2D eigenvalue weighted by Crippen LogP contribution is 2.43. The number of fused-ring (bicyclic) bond motifs is 1. The van der Waals surface area contributed by atoms with Crippen LogP contribution in [0.1, 0.15) is 5.56 Å². The van der Waals surface area contributed by atoms with E-state index in [1.165, 1.54) is 11.9 Å². The number of hydrogen-bond donors (Lipinski definition) is 0. The Hall–Kier alpha value is -0.650. The van der Waals surface area contributed by atoms with Gasteiger partial charge in [-0.3, -0.25) is 0 Å². The largest absolute Gasteiger partial charge is 0.592 e. The van der Waals surface area contributed by atoms with Gasteiger partial charge in [0.25, 0.3) is 0 Å². The van der Waals surface area contributed by atoms with Crippen LogP contribution in [0.2, 0.25) is 5.02 Å². The van der Waals surface area contributed by atoms with Crippen LogP contribution in [-0.4, -0.2) is 8.26 Å². The van der Waals surface area contributed by atoms with Crippen molar-refractivity contribution in [2.45, 2.75) is 16.3 Å². The third kappa shape index (κ3) is 2.39. The summed E-state index contributed by atoms with van der Waals surface area (Å²) in [5, 5.41) is 0.680. The van der Waals surface area contributed by atoms with E-state index in [1.54, 1.807) is 6.07 Å². The predicted octanol–water partition coefficient (Wildman–Crippen LogP) is 3.89. The van der Waals surface area contributed by atoms with Crippen LogP contribution < -0.4 is 0 Å². The fourth-order valence-corrected chi connectivity index (χ4v) is 4.76. The van der Waals surface area contributed by atoms with Crippen molar-refractivity contribution in [1.82, 2.24) is 3.71 Å². The standard InChI is InChI=1S/C13H10ClNOS2/c14-11-6-7-13-12(8-11)17-15(18(13)16)9-10-4-2-1-3-5-10/h1-8H,9H2. The van der Waals surface area contributed by atoms with Crippen LogP contribution in [0.4, 0.5) is 0 Å². The molecular weight excluding hydrogens is 286 g/mol. The molecule has 18 heavy (non-hydrogen) atoms. The molecule has 1 heterocycles. The number of halogens is 1. The molecule has 0 saturated carbocycles. The van der Waals surface area contributed by atoms with Crippen molar-refractivity contribution in [3.05, 3.63) is 59.1 Å². The van der Waals surface area contributed by atoms with Gasteiger partial charge in [0.05, 0.1) is 22.8 Å². The minimum absolute atomic E-state index is 0.657. The Morgan fingerprint density at radius 3 is 2.72 bits per heavy atom. The molecule has 92 valence electrons. The van der Waals surface area contributed by atoms with E-state index in [9.17, 15) is 4.55 Å². The third-order valence-corrected chi connectivity index (χ3v) is 5.73. The first-order valence-corrected chi connectivity index (χ1v) is 7.71. The van der Waals surface area contributed by atoms with Crippen LogP contribution in [0.5, 0.6) is 0 Å². The lowest BCUT2D eigenvalue weighted by Crippen LogP contribution is -2.19. The molecule has 0 aromatic heterocycles. The van der Waals surface area contributed by atoms with Gasteiger partial charge in [-0.1, -0.05) is 45.6 Å². The average Bonchev–Trinajstić information content (AvgIpc) is 2.67.